The molecule has 0 heterocycles. The highest BCUT2D eigenvalue weighted by atomic mass is 19.1. The van der Waals surface area contributed by atoms with E-state index in [1.807, 2.05) is 5.92 Å². The van der Waals surface area contributed by atoms with E-state index in [4.69, 9.17) is 10.4 Å². The first-order valence-electron chi connectivity index (χ1n) is 3.63. The molecule has 5 nitrogen and oxygen atoms in total. The Morgan fingerprint density at radius 1 is 1.53 bits per heavy atom. The predicted octanol–water partition coefficient (Wildman–Crippen LogP) is 1.31. The van der Waals surface area contributed by atoms with Crippen molar-refractivity contribution in [1.29, 1.82) is 5.26 Å². The fourth-order valence-corrected chi connectivity index (χ4v) is 0.896. The summed E-state index contributed by atoms with van der Waals surface area (Å²) in [6.07, 6.45) is 0. The molecule has 0 spiro atoms. The van der Waals surface area contributed by atoms with E-state index >= 15 is 0 Å². The van der Waals surface area contributed by atoms with Gasteiger partial charge < -0.3 is 5.11 Å². The molecule has 0 atom stereocenters. The van der Waals surface area contributed by atoms with Gasteiger partial charge in [-0.3, -0.25) is 10.1 Å². The summed E-state index contributed by atoms with van der Waals surface area (Å²) in [6.45, 7) is 0. The van der Waals surface area contributed by atoms with Crippen LogP contribution in [0, 0.1) is 39.1 Å². The van der Waals surface area contributed by atoms with E-state index in [1.54, 1.807) is 0 Å². The maximum Gasteiger partial charge on any atom is 0.315 e. The summed E-state index contributed by atoms with van der Waals surface area (Å²) in [4.78, 5) is 9.43. The number of halogens is 1. The van der Waals surface area contributed by atoms with Crippen molar-refractivity contribution in [3.05, 3.63) is 33.6 Å². The van der Waals surface area contributed by atoms with Crippen molar-refractivity contribution in [3.8, 4) is 23.7 Å². The van der Waals surface area contributed by atoms with Crippen LogP contribution >= 0.6 is 0 Å². The molecule has 0 radical (unpaired) electrons. The molecular weight excluding hydrogens is 203 g/mol. The van der Waals surface area contributed by atoms with Crippen molar-refractivity contribution in [1.82, 2.24) is 0 Å². The molecule has 15 heavy (non-hydrogen) atoms. The highest BCUT2D eigenvalue weighted by Gasteiger charge is 2.18. The van der Waals surface area contributed by atoms with Gasteiger partial charge in [-0.25, -0.2) is 4.39 Å². The van der Waals surface area contributed by atoms with Crippen LogP contribution in [0.2, 0.25) is 0 Å². The number of benzene rings is 1. The second-order valence-corrected chi connectivity index (χ2v) is 2.44. The van der Waals surface area contributed by atoms with Crippen molar-refractivity contribution in [3.63, 3.8) is 0 Å². The normalized spacial score (nSPS) is 8.53. The lowest BCUT2D eigenvalue weighted by molar-refractivity contribution is -0.386. The largest absolute Gasteiger partial charge is 0.500 e. The maximum atomic E-state index is 12.9. The Morgan fingerprint density at radius 2 is 2.20 bits per heavy atom. The Balaban J connectivity index is 3.37. The van der Waals surface area contributed by atoms with E-state index in [2.05, 4.69) is 5.92 Å². The molecule has 1 aromatic rings. The van der Waals surface area contributed by atoms with Gasteiger partial charge in [0.2, 0.25) is 5.75 Å². The maximum absolute atomic E-state index is 12.9. The number of nitro benzene ring substituents is 1. The Kier molecular flexibility index (Phi) is 2.85. The molecule has 0 aliphatic rings. The summed E-state index contributed by atoms with van der Waals surface area (Å²) in [7, 11) is 0. The Morgan fingerprint density at radius 3 is 2.73 bits per heavy atom. The molecule has 0 saturated heterocycles. The lowest BCUT2D eigenvalue weighted by atomic mass is 10.2. The zero-order chi connectivity index (χ0) is 11.4. The molecule has 0 amide bonds. The van der Waals surface area contributed by atoms with E-state index in [0.29, 0.717) is 0 Å². The lowest BCUT2D eigenvalue weighted by Gasteiger charge is -1.97. The third-order valence-corrected chi connectivity index (χ3v) is 1.50. The van der Waals surface area contributed by atoms with Gasteiger partial charge in [0.25, 0.3) is 0 Å². The number of hydrogen-bond donors (Lipinski definition) is 1. The molecule has 0 aliphatic heterocycles. The zero-order valence-corrected chi connectivity index (χ0v) is 7.19. The number of phenolic OH excluding ortho intramolecular Hbond substituents is 1. The van der Waals surface area contributed by atoms with Crippen molar-refractivity contribution in [2.75, 3.05) is 0 Å². The second kappa shape index (κ2) is 4.07. The van der Waals surface area contributed by atoms with Crippen LogP contribution in [-0.4, -0.2) is 10.0 Å². The fraction of sp³-hybridized carbons (Fsp3) is 0. The van der Waals surface area contributed by atoms with Crippen molar-refractivity contribution < 1.29 is 14.4 Å². The zero-order valence-electron chi connectivity index (χ0n) is 7.19. The van der Waals surface area contributed by atoms with Gasteiger partial charge in [0.05, 0.1) is 4.92 Å². The minimum Gasteiger partial charge on any atom is -0.500 e. The number of nitriles is 1. The Labute approximate surface area is 83.5 Å². The molecule has 1 N–H and O–H groups in total. The first-order chi connectivity index (χ1) is 7.06. The van der Waals surface area contributed by atoms with Crippen LogP contribution in [0.5, 0.6) is 5.75 Å². The predicted molar refractivity (Wildman–Crippen MR) is 47.2 cm³/mol. The SMILES string of the molecule is N#CC#Cc1cc(F)c(O)c([N+](=O)[O-])c1. The van der Waals surface area contributed by atoms with Gasteiger partial charge in [-0.05, 0) is 6.07 Å². The van der Waals surface area contributed by atoms with E-state index in [0.717, 1.165) is 12.1 Å². The standard InChI is InChI=1S/C9H3FN2O3/c10-7-4-6(2-1-3-11)5-8(9(7)13)12(14)15/h4-5,13H. The van der Waals surface area contributed by atoms with Crippen molar-refractivity contribution >= 4 is 5.69 Å². The fourth-order valence-electron chi connectivity index (χ4n) is 0.896. The number of nitro groups is 1. The van der Waals surface area contributed by atoms with Gasteiger partial charge in [-0.15, -0.1) is 0 Å². The Hall–Kier alpha value is -2.60. The average molecular weight is 206 g/mol. The van der Waals surface area contributed by atoms with Crippen LogP contribution in [0.1, 0.15) is 5.56 Å². The second-order valence-electron chi connectivity index (χ2n) is 2.44. The molecule has 0 fully saturated rings. The summed E-state index contributed by atoms with van der Waals surface area (Å²) in [5.41, 5.74) is -0.823. The first kappa shape index (κ1) is 10.5. The number of phenols is 1. The smallest absolute Gasteiger partial charge is 0.315 e. The van der Waals surface area contributed by atoms with Crippen LogP contribution in [0.4, 0.5) is 10.1 Å². The Bertz CT molecular complexity index is 523. The third-order valence-electron chi connectivity index (χ3n) is 1.50. The van der Waals surface area contributed by atoms with Gasteiger partial charge in [0.15, 0.2) is 11.9 Å². The molecule has 0 saturated carbocycles. The van der Waals surface area contributed by atoms with Crippen LogP contribution in [0.3, 0.4) is 0 Å². The minimum atomic E-state index is -1.15. The number of rotatable bonds is 1. The number of nitrogens with zero attached hydrogens (tertiary/aromatic N) is 2. The van der Waals surface area contributed by atoms with Crippen LogP contribution < -0.4 is 0 Å². The summed E-state index contributed by atoms with van der Waals surface area (Å²) >= 11 is 0. The van der Waals surface area contributed by atoms with E-state index < -0.39 is 22.2 Å². The topological polar surface area (TPSA) is 87.2 Å². The van der Waals surface area contributed by atoms with E-state index in [1.165, 1.54) is 6.07 Å². The van der Waals surface area contributed by atoms with Crippen molar-refractivity contribution in [2.24, 2.45) is 0 Å². The van der Waals surface area contributed by atoms with Crippen molar-refractivity contribution in [2.45, 2.75) is 0 Å². The molecule has 0 aromatic heterocycles. The van der Waals surface area contributed by atoms with Crippen LogP contribution in [0.15, 0.2) is 12.1 Å². The quantitative estimate of drug-likeness (QED) is 0.426. The molecule has 1 rings (SSSR count). The summed E-state index contributed by atoms with van der Waals surface area (Å²) in [6, 6.07) is 3.19. The summed E-state index contributed by atoms with van der Waals surface area (Å²) in [5.74, 6) is 1.97. The molecule has 0 aliphatic carbocycles. The first-order valence-corrected chi connectivity index (χ1v) is 3.63. The van der Waals surface area contributed by atoms with Gasteiger partial charge in [0.1, 0.15) is 0 Å². The van der Waals surface area contributed by atoms with Gasteiger partial charge in [0, 0.05) is 17.6 Å². The molecule has 0 unspecified atom stereocenters. The van der Waals surface area contributed by atoms with Crippen LogP contribution in [0.25, 0.3) is 0 Å². The highest BCUT2D eigenvalue weighted by molar-refractivity contribution is 5.53. The molecule has 1 aromatic carbocycles. The number of hydrogen-bond acceptors (Lipinski definition) is 4. The molecule has 74 valence electrons. The minimum absolute atomic E-state index is 0.0430. The highest BCUT2D eigenvalue weighted by Crippen LogP contribution is 2.29. The van der Waals surface area contributed by atoms with Gasteiger partial charge in [-0.2, -0.15) is 5.26 Å². The van der Waals surface area contributed by atoms with E-state index in [-0.39, 0.29) is 5.56 Å². The lowest BCUT2D eigenvalue weighted by Crippen LogP contribution is -1.92. The summed E-state index contributed by atoms with van der Waals surface area (Å²) in [5, 5.41) is 27.5. The summed E-state index contributed by atoms with van der Waals surface area (Å²) < 4.78 is 12.9. The molecule has 6 heteroatoms. The van der Waals surface area contributed by atoms with Crippen LogP contribution in [-0.2, 0) is 0 Å². The van der Waals surface area contributed by atoms with Gasteiger partial charge in [-0.1, -0.05) is 5.92 Å². The number of aromatic hydroxyl groups is 1. The average Bonchev–Trinajstić information content (AvgIpc) is 2.19. The third kappa shape index (κ3) is 2.20. The monoisotopic (exact) mass is 206 g/mol. The van der Waals surface area contributed by atoms with E-state index in [9.17, 15) is 14.5 Å². The molecular formula is C9H3FN2O3. The van der Waals surface area contributed by atoms with Gasteiger partial charge >= 0.3 is 5.69 Å². The molecule has 0 bridgehead atoms.